The average Bonchev–Trinajstić information content (AvgIpc) is 2.82. The van der Waals surface area contributed by atoms with Crippen molar-refractivity contribution < 1.29 is 8.78 Å². The summed E-state index contributed by atoms with van der Waals surface area (Å²) in [5.41, 5.74) is 1.64. The van der Waals surface area contributed by atoms with Crippen LogP contribution in [0.1, 0.15) is 18.1 Å². The van der Waals surface area contributed by atoms with Gasteiger partial charge in [-0.2, -0.15) is 13.9 Å². The zero-order valence-corrected chi connectivity index (χ0v) is 9.56. The zero-order chi connectivity index (χ0) is 12.4. The Morgan fingerprint density at radius 2 is 2.24 bits per heavy atom. The standard InChI is InChI=1S/C10H13F2N5/c1-7-8(6-16(2)15-7)14-5-9-13-3-4-17(9)10(11)12/h3-4,6,10,14H,5H2,1-2H3. The molecule has 2 rings (SSSR count). The van der Waals surface area contributed by atoms with Gasteiger partial charge in [-0.1, -0.05) is 0 Å². The fourth-order valence-corrected chi connectivity index (χ4v) is 1.61. The molecule has 0 aliphatic heterocycles. The molecule has 0 unspecified atom stereocenters. The first-order chi connectivity index (χ1) is 8.08. The number of halogens is 2. The van der Waals surface area contributed by atoms with Gasteiger partial charge in [-0.3, -0.25) is 9.25 Å². The van der Waals surface area contributed by atoms with Crippen LogP contribution in [0.2, 0.25) is 0 Å². The quantitative estimate of drug-likeness (QED) is 0.889. The Kier molecular flexibility index (Phi) is 3.08. The van der Waals surface area contributed by atoms with Gasteiger partial charge in [0.05, 0.1) is 17.9 Å². The topological polar surface area (TPSA) is 47.7 Å². The number of rotatable bonds is 4. The van der Waals surface area contributed by atoms with Crippen molar-refractivity contribution in [1.82, 2.24) is 19.3 Å². The van der Waals surface area contributed by atoms with Gasteiger partial charge >= 0.3 is 6.55 Å². The maximum Gasteiger partial charge on any atom is 0.319 e. The Labute approximate surface area is 97.1 Å². The van der Waals surface area contributed by atoms with Crippen LogP contribution < -0.4 is 5.32 Å². The summed E-state index contributed by atoms with van der Waals surface area (Å²) >= 11 is 0. The SMILES string of the molecule is Cc1nn(C)cc1NCc1nccn1C(F)F. The van der Waals surface area contributed by atoms with Gasteiger partial charge in [0.2, 0.25) is 0 Å². The van der Waals surface area contributed by atoms with Crippen LogP contribution in [0.15, 0.2) is 18.6 Å². The van der Waals surface area contributed by atoms with Gasteiger partial charge in [0.25, 0.3) is 0 Å². The molecule has 1 N–H and O–H groups in total. The van der Waals surface area contributed by atoms with E-state index in [1.807, 2.05) is 6.92 Å². The third-order valence-corrected chi connectivity index (χ3v) is 2.41. The van der Waals surface area contributed by atoms with Crippen LogP contribution in [0.25, 0.3) is 0 Å². The lowest BCUT2D eigenvalue weighted by Crippen LogP contribution is -2.09. The Balaban J connectivity index is 2.07. The van der Waals surface area contributed by atoms with Crippen molar-refractivity contribution in [3.63, 3.8) is 0 Å². The Morgan fingerprint density at radius 3 is 2.82 bits per heavy atom. The van der Waals surface area contributed by atoms with E-state index in [4.69, 9.17) is 0 Å². The first kappa shape index (κ1) is 11.6. The largest absolute Gasteiger partial charge is 0.375 e. The molecule has 0 radical (unpaired) electrons. The minimum absolute atomic E-state index is 0.240. The summed E-state index contributed by atoms with van der Waals surface area (Å²) < 4.78 is 27.6. The van der Waals surface area contributed by atoms with E-state index in [0.29, 0.717) is 5.82 Å². The summed E-state index contributed by atoms with van der Waals surface area (Å²) in [5.74, 6) is 0.295. The molecular weight excluding hydrogens is 228 g/mol. The van der Waals surface area contributed by atoms with Crippen molar-refractivity contribution in [3.05, 3.63) is 30.1 Å². The lowest BCUT2D eigenvalue weighted by atomic mass is 10.4. The minimum Gasteiger partial charge on any atom is -0.375 e. The molecule has 5 nitrogen and oxygen atoms in total. The Morgan fingerprint density at radius 1 is 1.47 bits per heavy atom. The number of nitrogens with one attached hydrogen (secondary N) is 1. The van der Waals surface area contributed by atoms with Crippen LogP contribution in [0.4, 0.5) is 14.5 Å². The summed E-state index contributed by atoms with van der Waals surface area (Å²) in [7, 11) is 1.80. The molecule has 2 heterocycles. The Hall–Kier alpha value is -1.92. The van der Waals surface area contributed by atoms with E-state index < -0.39 is 6.55 Å². The van der Waals surface area contributed by atoms with E-state index in [1.54, 1.807) is 17.9 Å². The molecule has 0 fully saturated rings. The first-order valence-electron chi connectivity index (χ1n) is 5.12. The zero-order valence-electron chi connectivity index (χ0n) is 9.56. The second kappa shape index (κ2) is 4.52. The number of aryl methyl sites for hydroxylation is 2. The van der Waals surface area contributed by atoms with E-state index in [1.165, 1.54) is 12.4 Å². The summed E-state index contributed by atoms with van der Waals surface area (Å²) in [5, 5.41) is 7.18. The smallest absolute Gasteiger partial charge is 0.319 e. The molecular formula is C10H13F2N5. The van der Waals surface area contributed by atoms with Crippen molar-refractivity contribution in [1.29, 1.82) is 0 Å². The summed E-state index contributed by atoms with van der Waals surface area (Å²) in [6.07, 6.45) is 4.42. The monoisotopic (exact) mass is 241 g/mol. The molecule has 2 aromatic heterocycles. The number of aromatic nitrogens is 4. The number of hydrogen-bond donors (Lipinski definition) is 1. The lowest BCUT2D eigenvalue weighted by molar-refractivity contribution is 0.0673. The van der Waals surface area contributed by atoms with E-state index >= 15 is 0 Å². The fourth-order valence-electron chi connectivity index (χ4n) is 1.61. The molecule has 0 amide bonds. The van der Waals surface area contributed by atoms with Gasteiger partial charge in [-0.25, -0.2) is 4.98 Å². The van der Waals surface area contributed by atoms with E-state index in [0.717, 1.165) is 15.9 Å². The van der Waals surface area contributed by atoms with Gasteiger partial charge < -0.3 is 5.32 Å². The van der Waals surface area contributed by atoms with Gasteiger partial charge in [-0.15, -0.1) is 0 Å². The average molecular weight is 241 g/mol. The van der Waals surface area contributed by atoms with Crippen molar-refractivity contribution in [2.45, 2.75) is 20.0 Å². The van der Waals surface area contributed by atoms with E-state index in [9.17, 15) is 8.78 Å². The molecule has 0 aromatic carbocycles. The number of nitrogens with zero attached hydrogens (tertiary/aromatic N) is 4. The molecule has 17 heavy (non-hydrogen) atoms. The van der Waals surface area contributed by atoms with Gasteiger partial charge in [-0.05, 0) is 6.92 Å². The molecule has 2 aromatic rings. The molecule has 0 spiro atoms. The van der Waals surface area contributed by atoms with Crippen LogP contribution in [-0.4, -0.2) is 19.3 Å². The van der Waals surface area contributed by atoms with Crippen molar-refractivity contribution in [2.24, 2.45) is 7.05 Å². The van der Waals surface area contributed by atoms with Gasteiger partial charge in [0.15, 0.2) is 0 Å². The lowest BCUT2D eigenvalue weighted by Gasteiger charge is -2.07. The van der Waals surface area contributed by atoms with Crippen LogP contribution in [0.5, 0.6) is 0 Å². The molecule has 0 aliphatic rings. The normalized spacial score (nSPS) is 11.1. The molecule has 0 bridgehead atoms. The predicted molar refractivity (Wildman–Crippen MR) is 58.8 cm³/mol. The maximum atomic E-state index is 12.5. The number of hydrogen-bond acceptors (Lipinski definition) is 3. The summed E-state index contributed by atoms with van der Waals surface area (Å²) in [6, 6.07) is 0. The minimum atomic E-state index is -2.57. The predicted octanol–water partition coefficient (Wildman–Crippen LogP) is 1.93. The van der Waals surface area contributed by atoms with Crippen LogP contribution in [-0.2, 0) is 13.6 Å². The molecule has 0 saturated carbocycles. The highest BCUT2D eigenvalue weighted by Gasteiger charge is 2.11. The van der Waals surface area contributed by atoms with E-state index in [2.05, 4.69) is 15.4 Å². The van der Waals surface area contributed by atoms with Crippen molar-refractivity contribution >= 4 is 5.69 Å². The molecule has 0 saturated heterocycles. The summed E-state index contributed by atoms with van der Waals surface area (Å²) in [6.45, 7) is -0.476. The third kappa shape index (κ3) is 2.43. The number of anilines is 1. The Bertz CT molecular complexity index is 503. The summed E-state index contributed by atoms with van der Waals surface area (Å²) in [4.78, 5) is 3.88. The molecule has 7 heteroatoms. The van der Waals surface area contributed by atoms with Gasteiger partial charge in [0, 0.05) is 25.6 Å². The van der Waals surface area contributed by atoms with Crippen LogP contribution >= 0.6 is 0 Å². The number of alkyl halides is 2. The van der Waals surface area contributed by atoms with Crippen molar-refractivity contribution in [2.75, 3.05) is 5.32 Å². The molecule has 92 valence electrons. The second-order valence-corrected chi connectivity index (χ2v) is 3.68. The molecule has 0 aliphatic carbocycles. The maximum absolute atomic E-state index is 12.5. The second-order valence-electron chi connectivity index (χ2n) is 3.68. The van der Waals surface area contributed by atoms with Gasteiger partial charge in [0.1, 0.15) is 5.82 Å². The van der Waals surface area contributed by atoms with Crippen molar-refractivity contribution in [3.8, 4) is 0 Å². The van der Waals surface area contributed by atoms with Crippen LogP contribution in [0.3, 0.4) is 0 Å². The fraction of sp³-hybridized carbons (Fsp3) is 0.400. The first-order valence-corrected chi connectivity index (χ1v) is 5.12. The molecule has 0 atom stereocenters. The third-order valence-electron chi connectivity index (χ3n) is 2.41. The highest BCUT2D eigenvalue weighted by molar-refractivity contribution is 5.45. The highest BCUT2D eigenvalue weighted by atomic mass is 19.3. The number of imidazole rings is 1. The van der Waals surface area contributed by atoms with Crippen LogP contribution in [0, 0.1) is 6.92 Å². The van der Waals surface area contributed by atoms with E-state index in [-0.39, 0.29) is 6.54 Å². The highest BCUT2D eigenvalue weighted by Crippen LogP contribution is 2.15.